The molecule has 180 valence electrons. The van der Waals surface area contributed by atoms with Crippen molar-refractivity contribution in [3.63, 3.8) is 0 Å². The van der Waals surface area contributed by atoms with Crippen molar-refractivity contribution in [2.75, 3.05) is 19.0 Å². The van der Waals surface area contributed by atoms with Crippen molar-refractivity contribution < 1.29 is 18.7 Å². The van der Waals surface area contributed by atoms with Crippen molar-refractivity contribution in [1.29, 1.82) is 0 Å². The van der Waals surface area contributed by atoms with Crippen LogP contribution in [0, 0.1) is 5.82 Å². The van der Waals surface area contributed by atoms with E-state index in [1.807, 2.05) is 0 Å². The van der Waals surface area contributed by atoms with E-state index in [2.05, 4.69) is 10.3 Å². The number of ether oxygens (including phenoxy) is 1. The monoisotopic (exact) mass is 511 g/mol. The van der Waals surface area contributed by atoms with Crippen molar-refractivity contribution in [3.8, 4) is 5.75 Å². The first kappa shape index (κ1) is 24.8. The Bertz CT molecular complexity index is 1220. The molecule has 0 bridgehead atoms. The highest BCUT2D eigenvalue weighted by atomic mass is 35.5. The van der Waals surface area contributed by atoms with Crippen LogP contribution < -0.4 is 10.1 Å². The summed E-state index contributed by atoms with van der Waals surface area (Å²) in [6.07, 6.45) is 0.527. The largest absolute Gasteiger partial charge is 0.497 e. The Morgan fingerprint density at radius 2 is 1.77 bits per heavy atom. The number of amides is 2. The van der Waals surface area contributed by atoms with Crippen LogP contribution in [0.5, 0.6) is 5.75 Å². The molecule has 6 nitrogen and oxygen atoms in total. The summed E-state index contributed by atoms with van der Waals surface area (Å²) < 4.78 is 18.4. The first-order valence-electron chi connectivity index (χ1n) is 10.9. The van der Waals surface area contributed by atoms with Crippen molar-refractivity contribution in [2.24, 2.45) is 4.99 Å². The molecule has 0 unspecified atom stereocenters. The maximum Gasteiger partial charge on any atom is 0.242 e. The van der Waals surface area contributed by atoms with Gasteiger partial charge in [0.25, 0.3) is 0 Å². The number of amidine groups is 1. The molecule has 1 aliphatic heterocycles. The normalized spacial score (nSPS) is 16.5. The summed E-state index contributed by atoms with van der Waals surface area (Å²) in [5.41, 5.74) is 2.17. The fourth-order valence-corrected chi connectivity index (χ4v) is 4.81. The van der Waals surface area contributed by atoms with E-state index < -0.39 is 5.25 Å². The number of benzene rings is 3. The molecule has 3 aromatic carbocycles. The summed E-state index contributed by atoms with van der Waals surface area (Å²) in [4.78, 5) is 32.2. The van der Waals surface area contributed by atoms with Crippen molar-refractivity contribution in [3.05, 3.63) is 89.2 Å². The van der Waals surface area contributed by atoms with Crippen LogP contribution in [0.15, 0.2) is 77.8 Å². The van der Waals surface area contributed by atoms with Gasteiger partial charge in [-0.05, 0) is 72.6 Å². The van der Waals surface area contributed by atoms with Gasteiger partial charge in [0.15, 0.2) is 5.17 Å². The lowest BCUT2D eigenvalue weighted by molar-refractivity contribution is -0.128. The van der Waals surface area contributed by atoms with Gasteiger partial charge < -0.3 is 10.1 Å². The highest BCUT2D eigenvalue weighted by molar-refractivity contribution is 8.15. The van der Waals surface area contributed by atoms with Crippen LogP contribution in [0.25, 0.3) is 0 Å². The van der Waals surface area contributed by atoms with Crippen LogP contribution in [0.4, 0.5) is 15.8 Å². The summed E-state index contributed by atoms with van der Waals surface area (Å²) in [6, 6.07) is 20.1. The minimum Gasteiger partial charge on any atom is -0.497 e. The number of nitrogens with zero attached hydrogens (tertiary/aromatic N) is 2. The third-order valence-corrected chi connectivity index (χ3v) is 6.78. The molecule has 1 aliphatic rings. The van der Waals surface area contributed by atoms with Crippen molar-refractivity contribution in [1.82, 2.24) is 4.90 Å². The molecule has 2 amide bonds. The fourth-order valence-electron chi connectivity index (χ4n) is 3.50. The number of thioether (sulfide) groups is 1. The molecule has 1 saturated heterocycles. The molecule has 0 aromatic heterocycles. The number of anilines is 1. The molecule has 1 N–H and O–H groups in total. The second-order valence-electron chi connectivity index (χ2n) is 7.82. The van der Waals surface area contributed by atoms with Crippen molar-refractivity contribution >= 4 is 51.7 Å². The maximum absolute atomic E-state index is 13.3. The Kier molecular flexibility index (Phi) is 8.05. The highest BCUT2D eigenvalue weighted by Gasteiger charge is 2.39. The predicted octanol–water partition coefficient (Wildman–Crippen LogP) is 5.69. The SMILES string of the molecule is COc1ccc(NC(=O)C[C@@H]2SC(=Nc3ccc(Cl)cc3)N(CCc3ccc(F)cc3)C2=O)cc1. The molecule has 9 heteroatoms. The van der Waals surface area contributed by atoms with Gasteiger partial charge in [-0.15, -0.1) is 0 Å². The molecule has 0 aliphatic carbocycles. The molecule has 0 radical (unpaired) electrons. The first-order chi connectivity index (χ1) is 16.9. The Balaban J connectivity index is 1.48. The predicted molar refractivity (Wildman–Crippen MR) is 138 cm³/mol. The third kappa shape index (κ3) is 6.61. The van der Waals surface area contributed by atoms with E-state index in [1.54, 1.807) is 72.7 Å². The minimum absolute atomic E-state index is 0.00220. The van der Waals surface area contributed by atoms with Crippen LogP contribution in [0.1, 0.15) is 12.0 Å². The van der Waals surface area contributed by atoms with E-state index >= 15 is 0 Å². The molecule has 3 aromatic rings. The van der Waals surface area contributed by atoms with Gasteiger partial charge in [-0.1, -0.05) is 35.5 Å². The van der Waals surface area contributed by atoms with Crippen molar-refractivity contribution in [2.45, 2.75) is 18.1 Å². The van der Waals surface area contributed by atoms with Gasteiger partial charge in [0.2, 0.25) is 11.8 Å². The van der Waals surface area contributed by atoms with Crippen LogP contribution >= 0.6 is 23.4 Å². The number of halogens is 2. The minimum atomic E-state index is -0.604. The smallest absolute Gasteiger partial charge is 0.242 e. The number of nitrogens with one attached hydrogen (secondary N) is 1. The molecule has 4 rings (SSSR count). The zero-order chi connectivity index (χ0) is 24.8. The van der Waals surface area contributed by atoms with E-state index in [-0.39, 0.29) is 24.1 Å². The number of carbonyl (C=O) groups is 2. The van der Waals surface area contributed by atoms with E-state index in [1.165, 1.54) is 23.9 Å². The van der Waals surface area contributed by atoms with Gasteiger partial charge in [0.05, 0.1) is 12.8 Å². The number of hydrogen-bond acceptors (Lipinski definition) is 5. The molecular weight excluding hydrogens is 489 g/mol. The standard InChI is InChI=1S/C26H23ClFN3O3S/c1-34-22-12-10-20(11-13-22)29-24(32)16-23-25(33)31(15-14-17-2-6-19(28)7-3-17)26(35-23)30-21-8-4-18(27)5-9-21/h2-13,23H,14-16H2,1H3,(H,29,32)/t23-/m0/s1. The molecule has 1 atom stereocenters. The number of carbonyl (C=O) groups excluding carboxylic acids is 2. The number of methoxy groups -OCH3 is 1. The second-order valence-corrected chi connectivity index (χ2v) is 9.43. The van der Waals surface area contributed by atoms with E-state index in [0.29, 0.717) is 40.3 Å². The lowest BCUT2D eigenvalue weighted by Gasteiger charge is -2.16. The van der Waals surface area contributed by atoms with Gasteiger partial charge >= 0.3 is 0 Å². The fraction of sp³-hybridized carbons (Fsp3) is 0.192. The van der Waals surface area contributed by atoms with Crippen LogP contribution in [-0.2, 0) is 16.0 Å². The highest BCUT2D eigenvalue weighted by Crippen LogP contribution is 2.32. The summed E-state index contributed by atoms with van der Waals surface area (Å²) in [7, 11) is 1.57. The average molecular weight is 512 g/mol. The van der Waals surface area contributed by atoms with Crippen LogP contribution in [0.3, 0.4) is 0 Å². The maximum atomic E-state index is 13.3. The molecule has 0 spiro atoms. The Morgan fingerprint density at radius 1 is 1.09 bits per heavy atom. The molecule has 1 fully saturated rings. The Morgan fingerprint density at radius 3 is 2.43 bits per heavy atom. The number of aliphatic imine (C=N–C) groups is 1. The van der Waals surface area contributed by atoms with Crippen LogP contribution in [-0.4, -0.2) is 40.8 Å². The van der Waals surface area contributed by atoms with E-state index in [0.717, 1.165) is 5.56 Å². The summed E-state index contributed by atoms with van der Waals surface area (Å²) in [6.45, 7) is 0.362. The summed E-state index contributed by atoms with van der Waals surface area (Å²) in [5.74, 6) is -0.0826. The zero-order valence-electron chi connectivity index (χ0n) is 18.9. The molecular formula is C26H23ClFN3O3S. The third-order valence-electron chi connectivity index (χ3n) is 5.35. The molecule has 35 heavy (non-hydrogen) atoms. The van der Waals surface area contributed by atoms with Gasteiger partial charge in [-0.3, -0.25) is 14.5 Å². The first-order valence-corrected chi connectivity index (χ1v) is 12.2. The summed E-state index contributed by atoms with van der Waals surface area (Å²) >= 11 is 7.24. The van der Waals surface area contributed by atoms with Gasteiger partial charge in [-0.25, -0.2) is 9.38 Å². The van der Waals surface area contributed by atoms with Crippen LogP contribution in [0.2, 0.25) is 5.02 Å². The average Bonchev–Trinajstić information content (AvgIpc) is 3.14. The topological polar surface area (TPSA) is 71.0 Å². The molecule has 1 heterocycles. The second kappa shape index (κ2) is 11.4. The lowest BCUT2D eigenvalue weighted by atomic mass is 10.1. The Hall–Kier alpha value is -3.36. The van der Waals surface area contributed by atoms with E-state index in [9.17, 15) is 14.0 Å². The summed E-state index contributed by atoms with van der Waals surface area (Å²) in [5, 5.41) is 3.32. The zero-order valence-corrected chi connectivity index (χ0v) is 20.5. The van der Waals surface area contributed by atoms with Gasteiger partial charge in [0, 0.05) is 23.7 Å². The molecule has 0 saturated carbocycles. The van der Waals surface area contributed by atoms with Gasteiger partial charge in [0.1, 0.15) is 16.8 Å². The quantitative estimate of drug-likeness (QED) is 0.421. The number of rotatable bonds is 8. The Labute approximate surface area is 212 Å². The number of hydrogen-bond donors (Lipinski definition) is 1. The lowest BCUT2D eigenvalue weighted by Crippen LogP contribution is -2.35. The van der Waals surface area contributed by atoms with E-state index in [4.69, 9.17) is 16.3 Å². The van der Waals surface area contributed by atoms with Gasteiger partial charge in [-0.2, -0.15) is 0 Å².